The van der Waals surface area contributed by atoms with Gasteiger partial charge < -0.3 is 5.32 Å². The van der Waals surface area contributed by atoms with Crippen LogP contribution in [-0.2, 0) is 23.6 Å². The van der Waals surface area contributed by atoms with Gasteiger partial charge in [0.25, 0.3) is 0 Å². The molecule has 1 aromatic rings. The van der Waals surface area contributed by atoms with E-state index in [1.54, 1.807) is 10.9 Å². The van der Waals surface area contributed by atoms with Crippen LogP contribution in [0, 0.1) is 0 Å². The molecule has 0 saturated heterocycles. The Morgan fingerprint density at radius 2 is 2.19 bits per heavy atom. The monoisotopic (exact) mass is 246 g/mol. The second-order valence-corrected chi connectivity index (χ2v) is 6.10. The predicted octanol–water partition coefficient (Wildman–Crippen LogP) is -0.599. The molecule has 0 spiro atoms. The van der Waals surface area contributed by atoms with E-state index in [1.807, 2.05) is 13.2 Å². The summed E-state index contributed by atoms with van der Waals surface area (Å²) in [5.74, 6) is 0.111. The Morgan fingerprint density at radius 1 is 1.50 bits per heavy atom. The lowest BCUT2D eigenvalue weighted by Gasteiger charge is -2.11. The van der Waals surface area contributed by atoms with E-state index in [0.29, 0.717) is 13.1 Å². The summed E-state index contributed by atoms with van der Waals surface area (Å²) in [5, 5.41) is 7.09. The van der Waals surface area contributed by atoms with Crippen molar-refractivity contribution in [1.29, 1.82) is 0 Å². The fraction of sp³-hybridized carbons (Fsp3) is 0.667. The number of aromatic nitrogens is 2. The number of sulfonamides is 1. The smallest absolute Gasteiger partial charge is 0.214 e. The van der Waals surface area contributed by atoms with Gasteiger partial charge in [0.05, 0.1) is 11.9 Å². The Hall–Kier alpha value is -0.920. The molecular weight excluding hydrogens is 228 g/mol. The second-order valence-electron chi connectivity index (χ2n) is 3.80. The second kappa shape index (κ2) is 5.42. The van der Waals surface area contributed by atoms with E-state index in [0.717, 1.165) is 5.56 Å². The van der Waals surface area contributed by atoms with Gasteiger partial charge in [-0.3, -0.25) is 4.68 Å². The third kappa shape index (κ3) is 3.92. The van der Waals surface area contributed by atoms with Crippen molar-refractivity contribution in [2.45, 2.75) is 6.54 Å². The van der Waals surface area contributed by atoms with Gasteiger partial charge in [0.15, 0.2) is 0 Å². The van der Waals surface area contributed by atoms with Crippen LogP contribution in [0.4, 0.5) is 0 Å². The summed E-state index contributed by atoms with van der Waals surface area (Å²) >= 11 is 0. The summed E-state index contributed by atoms with van der Waals surface area (Å²) in [6.45, 7) is 1.08. The van der Waals surface area contributed by atoms with E-state index in [2.05, 4.69) is 10.4 Å². The third-order valence-corrected chi connectivity index (χ3v) is 4.01. The Kier molecular flexibility index (Phi) is 4.45. The maximum absolute atomic E-state index is 11.4. The molecule has 1 heterocycles. The van der Waals surface area contributed by atoms with E-state index in [4.69, 9.17) is 0 Å². The highest BCUT2D eigenvalue weighted by atomic mass is 32.2. The quantitative estimate of drug-likeness (QED) is 0.681. The van der Waals surface area contributed by atoms with Gasteiger partial charge in [-0.2, -0.15) is 5.10 Å². The molecule has 1 rings (SSSR count). The standard InChI is InChI=1S/C9H18N4O2S/c1-12(2)16(14,15)5-4-10-6-9-7-11-13(3)8-9/h7-8,10H,4-6H2,1-3H3. The average molecular weight is 246 g/mol. The molecule has 7 heteroatoms. The van der Waals surface area contributed by atoms with Crippen LogP contribution in [0.25, 0.3) is 0 Å². The number of hydrogen-bond acceptors (Lipinski definition) is 4. The highest BCUT2D eigenvalue weighted by Gasteiger charge is 2.12. The van der Waals surface area contributed by atoms with Gasteiger partial charge >= 0.3 is 0 Å². The van der Waals surface area contributed by atoms with E-state index in [-0.39, 0.29) is 5.75 Å². The van der Waals surface area contributed by atoms with Crippen molar-refractivity contribution in [3.8, 4) is 0 Å². The zero-order chi connectivity index (χ0) is 12.2. The van der Waals surface area contributed by atoms with Crippen molar-refractivity contribution in [2.24, 2.45) is 7.05 Å². The van der Waals surface area contributed by atoms with Crippen LogP contribution in [0.1, 0.15) is 5.56 Å². The van der Waals surface area contributed by atoms with Crippen LogP contribution in [0.2, 0.25) is 0 Å². The van der Waals surface area contributed by atoms with Crippen molar-refractivity contribution < 1.29 is 8.42 Å². The van der Waals surface area contributed by atoms with E-state index >= 15 is 0 Å². The molecule has 16 heavy (non-hydrogen) atoms. The SMILES string of the molecule is CN(C)S(=O)(=O)CCNCc1cnn(C)c1. The van der Waals surface area contributed by atoms with E-state index in [1.165, 1.54) is 18.4 Å². The molecule has 0 aliphatic heterocycles. The first-order chi connectivity index (χ1) is 7.42. The zero-order valence-corrected chi connectivity index (χ0v) is 10.7. The van der Waals surface area contributed by atoms with Crippen LogP contribution >= 0.6 is 0 Å². The molecule has 0 atom stereocenters. The number of rotatable bonds is 6. The number of aryl methyl sites for hydroxylation is 1. The number of nitrogens with one attached hydrogen (secondary N) is 1. The van der Waals surface area contributed by atoms with Gasteiger partial charge in [-0.25, -0.2) is 12.7 Å². The topological polar surface area (TPSA) is 67.2 Å². The van der Waals surface area contributed by atoms with Gasteiger partial charge in [0, 0.05) is 46.0 Å². The van der Waals surface area contributed by atoms with Crippen molar-refractivity contribution in [1.82, 2.24) is 19.4 Å². The normalized spacial score (nSPS) is 12.2. The molecule has 0 aliphatic rings. The Morgan fingerprint density at radius 3 is 2.69 bits per heavy atom. The van der Waals surface area contributed by atoms with Gasteiger partial charge in [0.1, 0.15) is 0 Å². The average Bonchev–Trinajstić information content (AvgIpc) is 2.59. The maximum Gasteiger partial charge on any atom is 0.214 e. The van der Waals surface area contributed by atoms with Crippen molar-refractivity contribution in [2.75, 3.05) is 26.4 Å². The number of hydrogen-bond donors (Lipinski definition) is 1. The molecule has 6 nitrogen and oxygen atoms in total. The molecule has 0 unspecified atom stereocenters. The van der Waals surface area contributed by atoms with Gasteiger partial charge in [0.2, 0.25) is 10.0 Å². The van der Waals surface area contributed by atoms with Crippen molar-refractivity contribution in [3.05, 3.63) is 18.0 Å². The first-order valence-corrected chi connectivity index (χ1v) is 6.61. The van der Waals surface area contributed by atoms with Gasteiger partial charge in [-0.1, -0.05) is 0 Å². The van der Waals surface area contributed by atoms with Crippen LogP contribution in [-0.4, -0.2) is 48.9 Å². The highest BCUT2D eigenvalue weighted by Crippen LogP contribution is 1.96. The van der Waals surface area contributed by atoms with Crippen LogP contribution in [0.5, 0.6) is 0 Å². The molecule has 92 valence electrons. The van der Waals surface area contributed by atoms with Crippen molar-refractivity contribution >= 4 is 10.0 Å². The number of nitrogens with zero attached hydrogens (tertiary/aromatic N) is 3. The molecule has 0 radical (unpaired) electrons. The Bertz CT molecular complexity index is 424. The lowest BCUT2D eigenvalue weighted by atomic mass is 10.3. The molecule has 0 fully saturated rings. The fourth-order valence-electron chi connectivity index (χ4n) is 1.18. The maximum atomic E-state index is 11.4. The molecule has 0 aromatic carbocycles. The third-order valence-electron chi connectivity index (χ3n) is 2.18. The van der Waals surface area contributed by atoms with E-state index < -0.39 is 10.0 Å². The van der Waals surface area contributed by atoms with Crippen LogP contribution in [0.15, 0.2) is 12.4 Å². The summed E-state index contributed by atoms with van der Waals surface area (Å²) in [6.07, 6.45) is 3.65. The Balaban J connectivity index is 2.27. The molecule has 0 saturated carbocycles. The highest BCUT2D eigenvalue weighted by molar-refractivity contribution is 7.89. The minimum Gasteiger partial charge on any atom is -0.311 e. The molecule has 0 amide bonds. The fourth-order valence-corrected chi connectivity index (χ4v) is 1.95. The molecule has 0 bridgehead atoms. The zero-order valence-electron chi connectivity index (χ0n) is 9.84. The van der Waals surface area contributed by atoms with Crippen LogP contribution in [0.3, 0.4) is 0 Å². The molecular formula is C9H18N4O2S. The van der Waals surface area contributed by atoms with Gasteiger partial charge in [-0.05, 0) is 0 Å². The summed E-state index contributed by atoms with van der Waals surface area (Å²) in [5.41, 5.74) is 1.05. The molecule has 1 aromatic heterocycles. The Labute approximate surface area is 96.3 Å². The van der Waals surface area contributed by atoms with E-state index in [9.17, 15) is 8.42 Å². The lowest BCUT2D eigenvalue weighted by molar-refractivity contribution is 0.517. The minimum atomic E-state index is -3.10. The van der Waals surface area contributed by atoms with Crippen LogP contribution < -0.4 is 5.32 Å². The predicted molar refractivity (Wildman–Crippen MR) is 62.4 cm³/mol. The summed E-state index contributed by atoms with van der Waals surface area (Å²) in [4.78, 5) is 0. The minimum absolute atomic E-state index is 0.111. The van der Waals surface area contributed by atoms with Crippen molar-refractivity contribution in [3.63, 3.8) is 0 Å². The summed E-state index contributed by atoms with van der Waals surface area (Å²) < 4.78 is 25.8. The lowest BCUT2D eigenvalue weighted by Crippen LogP contribution is -2.30. The molecule has 1 N–H and O–H groups in total. The largest absolute Gasteiger partial charge is 0.311 e. The first kappa shape index (κ1) is 13.1. The summed E-state index contributed by atoms with van der Waals surface area (Å²) in [7, 11) is 1.83. The molecule has 0 aliphatic carbocycles. The summed E-state index contributed by atoms with van der Waals surface area (Å²) in [6, 6.07) is 0. The first-order valence-electron chi connectivity index (χ1n) is 5.00. The van der Waals surface area contributed by atoms with Gasteiger partial charge in [-0.15, -0.1) is 0 Å².